The SMILES string of the molecule is O[C@@H]1CCC[C@H]1NC1CCOC1. The van der Waals surface area contributed by atoms with Crippen LogP contribution in [0.15, 0.2) is 0 Å². The molecule has 0 aromatic carbocycles. The number of hydrogen-bond donors (Lipinski definition) is 2. The molecule has 2 aliphatic rings. The Balaban J connectivity index is 1.77. The van der Waals surface area contributed by atoms with E-state index in [4.69, 9.17) is 4.74 Å². The van der Waals surface area contributed by atoms with Crippen molar-refractivity contribution < 1.29 is 9.84 Å². The molecule has 3 heteroatoms. The van der Waals surface area contributed by atoms with Crippen LogP contribution < -0.4 is 5.32 Å². The van der Waals surface area contributed by atoms with E-state index in [1.165, 1.54) is 0 Å². The van der Waals surface area contributed by atoms with Crippen LogP contribution in [-0.4, -0.2) is 36.5 Å². The Morgan fingerprint density at radius 3 is 2.75 bits per heavy atom. The molecule has 0 bridgehead atoms. The first kappa shape index (κ1) is 8.48. The van der Waals surface area contributed by atoms with Crippen molar-refractivity contribution in [2.24, 2.45) is 0 Å². The predicted molar refractivity (Wildman–Crippen MR) is 46.0 cm³/mol. The third kappa shape index (κ3) is 1.79. The lowest BCUT2D eigenvalue weighted by molar-refractivity contribution is 0.137. The van der Waals surface area contributed by atoms with Crippen LogP contribution in [-0.2, 0) is 4.74 Å². The molecule has 3 nitrogen and oxygen atoms in total. The van der Waals surface area contributed by atoms with Crippen LogP contribution in [0.25, 0.3) is 0 Å². The normalized spacial score (nSPS) is 42.2. The second-order valence-corrected chi connectivity index (χ2v) is 3.83. The molecule has 0 spiro atoms. The van der Waals surface area contributed by atoms with E-state index in [1.807, 2.05) is 0 Å². The smallest absolute Gasteiger partial charge is 0.0693 e. The molecule has 2 rings (SSSR count). The lowest BCUT2D eigenvalue weighted by Gasteiger charge is -2.20. The summed E-state index contributed by atoms with van der Waals surface area (Å²) < 4.78 is 5.26. The summed E-state index contributed by atoms with van der Waals surface area (Å²) in [5.74, 6) is 0. The summed E-state index contributed by atoms with van der Waals surface area (Å²) in [6.07, 6.45) is 4.23. The molecule has 0 amide bonds. The fraction of sp³-hybridized carbons (Fsp3) is 1.00. The van der Waals surface area contributed by atoms with Crippen molar-refractivity contribution in [3.8, 4) is 0 Å². The second-order valence-electron chi connectivity index (χ2n) is 3.83. The zero-order valence-electron chi connectivity index (χ0n) is 7.33. The lowest BCUT2D eigenvalue weighted by atomic mass is 10.1. The Kier molecular flexibility index (Phi) is 2.63. The molecule has 0 aromatic heterocycles. The highest BCUT2D eigenvalue weighted by Crippen LogP contribution is 2.20. The van der Waals surface area contributed by atoms with E-state index in [-0.39, 0.29) is 6.10 Å². The maximum Gasteiger partial charge on any atom is 0.0693 e. The molecule has 2 N–H and O–H groups in total. The molecule has 1 aliphatic carbocycles. The molecule has 1 saturated carbocycles. The Hall–Kier alpha value is -0.120. The summed E-state index contributed by atoms with van der Waals surface area (Å²) in [4.78, 5) is 0. The molecule has 1 saturated heterocycles. The van der Waals surface area contributed by atoms with Crippen molar-refractivity contribution in [1.29, 1.82) is 0 Å². The van der Waals surface area contributed by atoms with Gasteiger partial charge in [0.15, 0.2) is 0 Å². The zero-order valence-corrected chi connectivity index (χ0v) is 7.33. The average molecular weight is 171 g/mol. The molecule has 1 heterocycles. The third-order valence-corrected chi connectivity index (χ3v) is 2.86. The zero-order chi connectivity index (χ0) is 8.39. The van der Waals surface area contributed by atoms with Gasteiger partial charge in [-0.05, 0) is 25.7 Å². The molecular formula is C9H17NO2. The number of nitrogens with one attached hydrogen (secondary N) is 1. The minimum atomic E-state index is -0.120. The maximum atomic E-state index is 9.55. The maximum absolute atomic E-state index is 9.55. The second kappa shape index (κ2) is 3.73. The van der Waals surface area contributed by atoms with E-state index in [0.717, 1.165) is 38.9 Å². The highest BCUT2D eigenvalue weighted by atomic mass is 16.5. The molecule has 0 radical (unpaired) electrons. The van der Waals surface area contributed by atoms with Crippen LogP contribution >= 0.6 is 0 Å². The lowest BCUT2D eigenvalue weighted by Crippen LogP contribution is -2.42. The summed E-state index contributed by atoms with van der Waals surface area (Å²) in [6.45, 7) is 1.70. The van der Waals surface area contributed by atoms with Crippen molar-refractivity contribution in [2.45, 2.75) is 43.9 Å². The van der Waals surface area contributed by atoms with Gasteiger partial charge in [-0.1, -0.05) is 0 Å². The topological polar surface area (TPSA) is 41.5 Å². The van der Waals surface area contributed by atoms with Crippen molar-refractivity contribution in [3.63, 3.8) is 0 Å². The Labute approximate surface area is 73.1 Å². The minimum Gasteiger partial charge on any atom is -0.392 e. The van der Waals surface area contributed by atoms with Crippen LogP contribution in [0.4, 0.5) is 0 Å². The highest BCUT2D eigenvalue weighted by Gasteiger charge is 2.28. The minimum absolute atomic E-state index is 0.120. The van der Waals surface area contributed by atoms with Crippen LogP contribution in [0.3, 0.4) is 0 Å². The summed E-state index contributed by atoms with van der Waals surface area (Å²) in [7, 11) is 0. The van der Waals surface area contributed by atoms with Gasteiger partial charge in [0.05, 0.1) is 12.7 Å². The molecule has 70 valence electrons. The standard InChI is InChI=1S/C9H17NO2/c11-9-3-1-2-8(9)10-7-4-5-12-6-7/h7-11H,1-6H2/t7?,8-,9-/m1/s1. The predicted octanol–water partition coefficient (Wildman–Crippen LogP) is 0.278. The van der Waals surface area contributed by atoms with Gasteiger partial charge in [-0.25, -0.2) is 0 Å². The van der Waals surface area contributed by atoms with E-state index in [2.05, 4.69) is 5.32 Å². The van der Waals surface area contributed by atoms with Crippen molar-refractivity contribution in [2.75, 3.05) is 13.2 Å². The monoisotopic (exact) mass is 171 g/mol. The summed E-state index contributed by atoms with van der Waals surface area (Å²) in [5, 5.41) is 13.0. The summed E-state index contributed by atoms with van der Waals surface area (Å²) in [5.41, 5.74) is 0. The molecule has 3 atom stereocenters. The van der Waals surface area contributed by atoms with Crippen LogP contribution in [0.2, 0.25) is 0 Å². The fourth-order valence-electron chi connectivity index (χ4n) is 2.10. The highest BCUT2D eigenvalue weighted by molar-refractivity contribution is 4.86. The van der Waals surface area contributed by atoms with Crippen LogP contribution in [0, 0.1) is 0 Å². The summed E-state index contributed by atoms with van der Waals surface area (Å²) in [6, 6.07) is 0.819. The first-order chi connectivity index (χ1) is 5.86. The van der Waals surface area contributed by atoms with Gasteiger partial charge in [0.25, 0.3) is 0 Å². The quantitative estimate of drug-likeness (QED) is 0.627. The molecule has 2 fully saturated rings. The van der Waals surface area contributed by atoms with Gasteiger partial charge in [0.1, 0.15) is 0 Å². The Morgan fingerprint density at radius 1 is 1.25 bits per heavy atom. The van der Waals surface area contributed by atoms with Gasteiger partial charge < -0.3 is 15.2 Å². The van der Waals surface area contributed by atoms with Crippen molar-refractivity contribution in [1.82, 2.24) is 5.32 Å². The van der Waals surface area contributed by atoms with E-state index in [9.17, 15) is 5.11 Å². The first-order valence-corrected chi connectivity index (χ1v) is 4.88. The van der Waals surface area contributed by atoms with Gasteiger partial charge in [0, 0.05) is 18.7 Å². The largest absolute Gasteiger partial charge is 0.392 e. The number of aliphatic hydroxyl groups excluding tert-OH is 1. The molecule has 1 aliphatic heterocycles. The average Bonchev–Trinajstić information content (AvgIpc) is 2.65. The van der Waals surface area contributed by atoms with Crippen molar-refractivity contribution >= 4 is 0 Å². The summed E-state index contributed by atoms with van der Waals surface area (Å²) >= 11 is 0. The third-order valence-electron chi connectivity index (χ3n) is 2.86. The van der Waals surface area contributed by atoms with Crippen LogP contribution in [0.5, 0.6) is 0 Å². The van der Waals surface area contributed by atoms with Gasteiger partial charge in [-0.15, -0.1) is 0 Å². The van der Waals surface area contributed by atoms with Gasteiger partial charge in [-0.2, -0.15) is 0 Å². The first-order valence-electron chi connectivity index (χ1n) is 4.88. The van der Waals surface area contributed by atoms with Gasteiger partial charge >= 0.3 is 0 Å². The number of hydrogen-bond acceptors (Lipinski definition) is 3. The number of ether oxygens (including phenoxy) is 1. The van der Waals surface area contributed by atoms with Crippen LogP contribution in [0.1, 0.15) is 25.7 Å². The Bertz CT molecular complexity index is 145. The van der Waals surface area contributed by atoms with E-state index in [0.29, 0.717) is 12.1 Å². The molecule has 12 heavy (non-hydrogen) atoms. The molecule has 1 unspecified atom stereocenters. The van der Waals surface area contributed by atoms with E-state index in [1.54, 1.807) is 0 Å². The van der Waals surface area contributed by atoms with Gasteiger partial charge in [-0.3, -0.25) is 0 Å². The van der Waals surface area contributed by atoms with E-state index >= 15 is 0 Å². The van der Waals surface area contributed by atoms with Crippen molar-refractivity contribution in [3.05, 3.63) is 0 Å². The van der Waals surface area contributed by atoms with Gasteiger partial charge in [0.2, 0.25) is 0 Å². The Morgan fingerprint density at radius 2 is 2.17 bits per heavy atom. The number of aliphatic hydroxyl groups is 1. The molecular weight excluding hydrogens is 154 g/mol. The van der Waals surface area contributed by atoms with E-state index < -0.39 is 0 Å². The fourth-order valence-corrected chi connectivity index (χ4v) is 2.10. The number of rotatable bonds is 2. The molecule has 0 aromatic rings.